The van der Waals surface area contributed by atoms with Gasteiger partial charge in [-0.05, 0) is 77.6 Å². The average molecular weight is 312 g/mol. The molecule has 2 nitrogen and oxygen atoms in total. The van der Waals surface area contributed by atoms with Crippen LogP contribution in [-0.4, -0.2) is 10.2 Å². The number of aryl methyl sites for hydroxylation is 2. The van der Waals surface area contributed by atoms with Gasteiger partial charge in [-0.15, -0.1) is 0 Å². The summed E-state index contributed by atoms with van der Waals surface area (Å²) in [7, 11) is 0. The minimum absolute atomic E-state index is 0.293. The van der Waals surface area contributed by atoms with Crippen molar-refractivity contribution >= 4 is 0 Å². The van der Waals surface area contributed by atoms with E-state index in [2.05, 4.69) is 39.8 Å². The van der Waals surface area contributed by atoms with Crippen LogP contribution in [0, 0.1) is 13.8 Å². The molecule has 0 aliphatic rings. The second-order valence-electron chi connectivity index (χ2n) is 7.16. The van der Waals surface area contributed by atoms with Gasteiger partial charge < -0.3 is 10.2 Å². The molecular weight excluding hydrogens is 284 g/mol. The smallest absolute Gasteiger partial charge is 0.119 e. The molecular formula is C21H28O2. The van der Waals surface area contributed by atoms with Gasteiger partial charge in [-0.2, -0.15) is 0 Å². The van der Waals surface area contributed by atoms with Crippen LogP contribution in [0.25, 0.3) is 0 Å². The fraction of sp³-hybridized carbons (Fsp3) is 0.429. The van der Waals surface area contributed by atoms with Gasteiger partial charge in [-0.3, -0.25) is 0 Å². The van der Waals surface area contributed by atoms with Crippen molar-refractivity contribution in [3.63, 3.8) is 0 Å². The van der Waals surface area contributed by atoms with Gasteiger partial charge in [-0.25, -0.2) is 0 Å². The largest absolute Gasteiger partial charge is 0.508 e. The standard InChI is InChI=1S/C21H28O2/c1-12(2)18-10-16(14(5)7-20(18)22)9-17-11-19(13(3)4)21(23)8-15(17)6/h7-8,10-13,22-23H,9H2,1-6H3. The molecule has 0 aromatic heterocycles. The summed E-state index contributed by atoms with van der Waals surface area (Å²) >= 11 is 0. The number of hydrogen-bond acceptors (Lipinski definition) is 2. The summed E-state index contributed by atoms with van der Waals surface area (Å²) in [5.74, 6) is 1.35. The van der Waals surface area contributed by atoms with Crippen molar-refractivity contribution in [3.8, 4) is 11.5 Å². The van der Waals surface area contributed by atoms with Gasteiger partial charge in [-0.1, -0.05) is 39.8 Å². The molecule has 0 saturated heterocycles. The molecule has 23 heavy (non-hydrogen) atoms. The Morgan fingerprint density at radius 1 is 0.696 bits per heavy atom. The van der Waals surface area contributed by atoms with Gasteiger partial charge in [0.25, 0.3) is 0 Å². The highest BCUT2D eigenvalue weighted by molar-refractivity contribution is 5.48. The second kappa shape index (κ2) is 6.66. The Bertz CT molecular complexity index is 651. The van der Waals surface area contributed by atoms with Crippen LogP contribution in [-0.2, 0) is 6.42 Å². The zero-order chi connectivity index (χ0) is 17.3. The summed E-state index contributed by atoms with van der Waals surface area (Å²) in [6.07, 6.45) is 0.817. The van der Waals surface area contributed by atoms with E-state index >= 15 is 0 Å². The summed E-state index contributed by atoms with van der Waals surface area (Å²) in [4.78, 5) is 0. The highest BCUT2D eigenvalue weighted by atomic mass is 16.3. The molecule has 124 valence electrons. The van der Waals surface area contributed by atoms with Crippen molar-refractivity contribution in [1.82, 2.24) is 0 Å². The normalized spacial score (nSPS) is 11.5. The van der Waals surface area contributed by atoms with Crippen molar-refractivity contribution in [2.75, 3.05) is 0 Å². The Kier molecular flexibility index (Phi) is 5.03. The van der Waals surface area contributed by atoms with Crippen molar-refractivity contribution in [1.29, 1.82) is 0 Å². The van der Waals surface area contributed by atoms with E-state index in [1.54, 1.807) is 0 Å². The van der Waals surface area contributed by atoms with Crippen LogP contribution in [0.1, 0.15) is 72.9 Å². The lowest BCUT2D eigenvalue weighted by Crippen LogP contribution is -2.00. The van der Waals surface area contributed by atoms with Gasteiger partial charge in [0.15, 0.2) is 0 Å². The first-order chi connectivity index (χ1) is 10.7. The molecule has 0 radical (unpaired) electrons. The number of benzene rings is 2. The lowest BCUT2D eigenvalue weighted by molar-refractivity contribution is 0.464. The SMILES string of the molecule is Cc1cc(O)c(C(C)C)cc1Cc1cc(C(C)C)c(O)cc1C. The predicted molar refractivity (Wildman–Crippen MR) is 96.7 cm³/mol. The first-order valence-corrected chi connectivity index (χ1v) is 8.35. The Morgan fingerprint density at radius 2 is 1.04 bits per heavy atom. The minimum atomic E-state index is 0.293. The predicted octanol–water partition coefficient (Wildman–Crippen LogP) is 5.55. The van der Waals surface area contributed by atoms with E-state index in [4.69, 9.17) is 0 Å². The van der Waals surface area contributed by atoms with E-state index in [1.807, 2.05) is 26.0 Å². The van der Waals surface area contributed by atoms with Gasteiger partial charge >= 0.3 is 0 Å². The first-order valence-electron chi connectivity index (χ1n) is 8.35. The Hall–Kier alpha value is -1.96. The quantitative estimate of drug-likeness (QED) is 0.776. The zero-order valence-electron chi connectivity index (χ0n) is 15.1. The maximum absolute atomic E-state index is 10.1. The summed E-state index contributed by atoms with van der Waals surface area (Å²) in [5.41, 5.74) is 6.65. The van der Waals surface area contributed by atoms with Crippen LogP contribution in [0.2, 0.25) is 0 Å². The van der Waals surface area contributed by atoms with Crippen molar-refractivity contribution in [2.24, 2.45) is 0 Å². The van der Waals surface area contributed by atoms with Crippen LogP contribution in [0.4, 0.5) is 0 Å². The van der Waals surface area contributed by atoms with Gasteiger partial charge in [0.2, 0.25) is 0 Å². The van der Waals surface area contributed by atoms with Gasteiger partial charge in [0.1, 0.15) is 11.5 Å². The number of phenols is 2. The third kappa shape index (κ3) is 3.69. The summed E-state index contributed by atoms with van der Waals surface area (Å²) in [6, 6.07) is 7.97. The number of hydrogen-bond donors (Lipinski definition) is 2. The molecule has 2 aromatic carbocycles. The molecule has 0 saturated carbocycles. The number of rotatable bonds is 4. The molecule has 0 unspecified atom stereocenters. The second-order valence-corrected chi connectivity index (χ2v) is 7.16. The summed E-state index contributed by atoms with van der Waals surface area (Å²) in [5, 5.41) is 20.3. The Morgan fingerprint density at radius 3 is 1.35 bits per heavy atom. The molecule has 0 aliphatic carbocycles. The molecule has 2 heteroatoms. The fourth-order valence-electron chi connectivity index (χ4n) is 3.02. The average Bonchev–Trinajstić information content (AvgIpc) is 2.43. The maximum atomic E-state index is 10.1. The highest BCUT2D eigenvalue weighted by Gasteiger charge is 2.14. The molecule has 2 aromatic rings. The van der Waals surface area contributed by atoms with Crippen LogP contribution in [0.15, 0.2) is 24.3 Å². The van der Waals surface area contributed by atoms with E-state index in [9.17, 15) is 10.2 Å². The summed E-state index contributed by atoms with van der Waals surface area (Å²) in [6.45, 7) is 12.5. The van der Waals surface area contributed by atoms with Crippen LogP contribution >= 0.6 is 0 Å². The molecule has 0 heterocycles. The van der Waals surface area contributed by atoms with Crippen molar-refractivity contribution in [3.05, 3.63) is 57.6 Å². The lowest BCUT2D eigenvalue weighted by Gasteiger charge is -2.17. The molecule has 0 atom stereocenters. The third-order valence-electron chi connectivity index (χ3n) is 4.60. The highest BCUT2D eigenvalue weighted by Crippen LogP contribution is 2.33. The van der Waals surface area contributed by atoms with Crippen molar-refractivity contribution in [2.45, 2.75) is 59.8 Å². The minimum Gasteiger partial charge on any atom is -0.508 e. The molecule has 0 spiro atoms. The van der Waals surface area contributed by atoms with E-state index in [0.29, 0.717) is 23.3 Å². The van der Waals surface area contributed by atoms with Crippen LogP contribution in [0.3, 0.4) is 0 Å². The number of phenolic OH excluding ortho intramolecular Hbond substituents is 2. The maximum Gasteiger partial charge on any atom is 0.119 e. The molecule has 0 amide bonds. The monoisotopic (exact) mass is 312 g/mol. The van der Waals surface area contributed by atoms with Gasteiger partial charge in [0.05, 0.1) is 0 Å². The third-order valence-corrected chi connectivity index (χ3v) is 4.60. The Labute approximate surface area is 139 Å². The zero-order valence-corrected chi connectivity index (χ0v) is 15.1. The van der Waals surface area contributed by atoms with E-state index < -0.39 is 0 Å². The topological polar surface area (TPSA) is 40.5 Å². The molecule has 0 aliphatic heterocycles. The molecule has 2 N–H and O–H groups in total. The first kappa shape index (κ1) is 17.4. The van der Waals surface area contributed by atoms with E-state index in [0.717, 1.165) is 28.7 Å². The van der Waals surface area contributed by atoms with Gasteiger partial charge in [0, 0.05) is 0 Å². The Balaban J connectivity index is 2.47. The van der Waals surface area contributed by atoms with Crippen LogP contribution < -0.4 is 0 Å². The van der Waals surface area contributed by atoms with Crippen LogP contribution in [0.5, 0.6) is 11.5 Å². The van der Waals surface area contributed by atoms with E-state index in [-0.39, 0.29) is 0 Å². The molecule has 0 bridgehead atoms. The lowest BCUT2D eigenvalue weighted by atomic mass is 9.90. The van der Waals surface area contributed by atoms with E-state index in [1.165, 1.54) is 11.1 Å². The molecule has 0 fully saturated rings. The fourth-order valence-corrected chi connectivity index (χ4v) is 3.02. The summed E-state index contributed by atoms with van der Waals surface area (Å²) < 4.78 is 0. The molecule has 2 rings (SSSR count). The number of aromatic hydroxyl groups is 2. The van der Waals surface area contributed by atoms with Crippen molar-refractivity contribution < 1.29 is 10.2 Å².